The Bertz CT molecular complexity index is 1200. The third-order valence-corrected chi connectivity index (χ3v) is 9.48. The van der Waals surface area contributed by atoms with Crippen molar-refractivity contribution in [2.24, 2.45) is 0 Å². The number of carboxylic acids is 1. The number of ether oxygens (including phenoxy) is 4. The van der Waals surface area contributed by atoms with Gasteiger partial charge in [0, 0.05) is 12.8 Å². The number of carbonyl (C=O) groups is 3. The monoisotopic (exact) mass is 829 g/mol. The number of likely N-dealkylation sites (N-methyl/N-ethyl adjacent to an activating group) is 1. The Morgan fingerprint density at radius 1 is 0.525 bits per heavy atom. The van der Waals surface area contributed by atoms with Gasteiger partial charge in [0.1, 0.15) is 13.2 Å². The summed E-state index contributed by atoms with van der Waals surface area (Å²) < 4.78 is 22.6. The fourth-order valence-electron chi connectivity index (χ4n) is 5.90. The number of carbonyl (C=O) groups excluding carboxylic acids is 2. The minimum absolute atomic E-state index is 0.183. The quantitative estimate of drug-likeness (QED) is 0.0213. The van der Waals surface area contributed by atoms with Gasteiger partial charge < -0.3 is 28.5 Å². The maximum Gasteiger partial charge on any atom is 0.361 e. The molecule has 0 radical (unpaired) electrons. The van der Waals surface area contributed by atoms with Gasteiger partial charge in [-0.25, -0.2) is 4.79 Å². The Hall–Kier alpha value is -3.27. The molecule has 0 saturated carbocycles. The van der Waals surface area contributed by atoms with Crippen molar-refractivity contribution in [3.63, 3.8) is 0 Å². The van der Waals surface area contributed by atoms with E-state index in [1.165, 1.54) is 51.4 Å². The molecule has 0 aromatic carbocycles. The molecule has 338 valence electrons. The summed E-state index contributed by atoms with van der Waals surface area (Å²) in [5.74, 6) is -2.03. The van der Waals surface area contributed by atoms with Crippen molar-refractivity contribution >= 4 is 17.9 Å². The summed E-state index contributed by atoms with van der Waals surface area (Å²) in [7, 11) is 5.94. The maximum atomic E-state index is 12.7. The van der Waals surface area contributed by atoms with Gasteiger partial charge >= 0.3 is 17.9 Å². The Labute approximate surface area is 360 Å². The third-order valence-electron chi connectivity index (χ3n) is 9.48. The van der Waals surface area contributed by atoms with Crippen LogP contribution in [0, 0.1) is 0 Å². The molecule has 9 nitrogen and oxygen atoms in total. The number of nitrogens with zero attached hydrogens (tertiary/aromatic N) is 1. The molecule has 0 aliphatic rings. The van der Waals surface area contributed by atoms with Gasteiger partial charge in [0.15, 0.2) is 6.10 Å². The molecule has 0 bridgehead atoms. The lowest BCUT2D eigenvalue weighted by molar-refractivity contribution is -0.870. The van der Waals surface area contributed by atoms with E-state index in [9.17, 15) is 19.5 Å². The number of hydrogen-bond acceptors (Lipinski definition) is 7. The van der Waals surface area contributed by atoms with Crippen LogP contribution in [0.4, 0.5) is 0 Å². The van der Waals surface area contributed by atoms with E-state index in [0.717, 1.165) is 83.5 Å². The van der Waals surface area contributed by atoms with Crippen molar-refractivity contribution in [1.82, 2.24) is 0 Å². The largest absolute Gasteiger partial charge is 0.477 e. The van der Waals surface area contributed by atoms with Crippen molar-refractivity contribution in [3.05, 3.63) is 72.9 Å². The summed E-state index contributed by atoms with van der Waals surface area (Å²) in [6, 6.07) is 0. The van der Waals surface area contributed by atoms with Crippen LogP contribution in [-0.2, 0) is 33.3 Å². The summed E-state index contributed by atoms with van der Waals surface area (Å²) in [4.78, 5) is 36.9. The van der Waals surface area contributed by atoms with Crippen molar-refractivity contribution in [3.8, 4) is 0 Å². The average molecular weight is 829 g/mol. The number of aliphatic carboxylic acids is 1. The number of quaternary nitrogens is 1. The van der Waals surface area contributed by atoms with Crippen LogP contribution in [0.1, 0.15) is 168 Å². The van der Waals surface area contributed by atoms with E-state index in [-0.39, 0.29) is 32.2 Å². The average Bonchev–Trinajstić information content (AvgIpc) is 3.19. The molecule has 0 rings (SSSR count). The highest BCUT2D eigenvalue weighted by Crippen LogP contribution is 2.13. The fraction of sp³-hybridized carbons (Fsp3) is 0.700. The van der Waals surface area contributed by atoms with Gasteiger partial charge in [-0.05, 0) is 64.2 Å². The first-order chi connectivity index (χ1) is 28.6. The highest BCUT2D eigenvalue weighted by atomic mass is 16.7. The summed E-state index contributed by atoms with van der Waals surface area (Å²) in [6.07, 6.45) is 48.4. The van der Waals surface area contributed by atoms with Gasteiger partial charge in [-0.1, -0.05) is 164 Å². The molecule has 0 fully saturated rings. The summed E-state index contributed by atoms with van der Waals surface area (Å²) in [6.45, 7) is 4.68. The van der Waals surface area contributed by atoms with E-state index >= 15 is 0 Å². The lowest BCUT2D eigenvalue weighted by Crippen LogP contribution is -2.40. The number of hydrogen-bond donors (Lipinski definition) is 1. The zero-order valence-corrected chi connectivity index (χ0v) is 38.1. The molecule has 2 atom stereocenters. The molecule has 0 aromatic rings. The summed E-state index contributed by atoms with van der Waals surface area (Å²) >= 11 is 0. The van der Waals surface area contributed by atoms with Crippen LogP contribution in [0.25, 0.3) is 0 Å². The number of unbranched alkanes of at least 4 members (excludes halogenated alkanes) is 14. The molecule has 2 unspecified atom stereocenters. The zero-order valence-electron chi connectivity index (χ0n) is 38.1. The van der Waals surface area contributed by atoms with Crippen LogP contribution in [0.2, 0.25) is 0 Å². The van der Waals surface area contributed by atoms with E-state index in [2.05, 4.69) is 86.8 Å². The van der Waals surface area contributed by atoms with Crippen molar-refractivity contribution in [2.75, 3.05) is 47.5 Å². The van der Waals surface area contributed by atoms with Crippen molar-refractivity contribution in [1.29, 1.82) is 0 Å². The Balaban J connectivity index is 4.25. The van der Waals surface area contributed by atoms with E-state index in [0.29, 0.717) is 23.9 Å². The minimum atomic E-state index is -1.51. The van der Waals surface area contributed by atoms with Crippen molar-refractivity contribution < 1.29 is 42.9 Å². The highest BCUT2D eigenvalue weighted by Gasteiger charge is 2.25. The molecule has 0 aliphatic carbocycles. The summed E-state index contributed by atoms with van der Waals surface area (Å²) in [5, 5.41) is 9.61. The molecular weight excluding hydrogens is 743 g/mol. The lowest BCUT2D eigenvalue weighted by Gasteiger charge is -2.25. The molecule has 0 aromatic heterocycles. The number of allylic oxidation sites excluding steroid dienone is 12. The second-order valence-electron chi connectivity index (χ2n) is 16.3. The smallest absolute Gasteiger partial charge is 0.361 e. The van der Waals surface area contributed by atoms with Crippen LogP contribution in [0.5, 0.6) is 0 Å². The molecule has 59 heavy (non-hydrogen) atoms. The van der Waals surface area contributed by atoms with Gasteiger partial charge in [-0.15, -0.1) is 0 Å². The fourth-order valence-corrected chi connectivity index (χ4v) is 5.90. The van der Waals surface area contributed by atoms with Crippen LogP contribution in [0.15, 0.2) is 72.9 Å². The molecule has 0 amide bonds. The first-order valence-corrected chi connectivity index (χ1v) is 23.1. The molecule has 0 spiro atoms. The topological polar surface area (TPSA) is 108 Å². The summed E-state index contributed by atoms with van der Waals surface area (Å²) in [5.41, 5.74) is 0. The van der Waals surface area contributed by atoms with E-state index < -0.39 is 24.3 Å². The Morgan fingerprint density at radius 2 is 0.966 bits per heavy atom. The second-order valence-corrected chi connectivity index (χ2v) is 16.3. The van der Waals surface area contributed by atoms with Crippen LogP contribution in [-0.4, -0.2) is 87.4 Å². The molecule has 0 aliphatic heterocycles. The van der Waals surface area contributed by atoms with Gasteiger partial charge in [0.05, 0.1) is 34.4 Å². The molecule has 0 saturated heterocycles. The second kappa shape index (κ2) is 41.5. The van der Waals surface area contributed by atoms with Crippen LogP contribution < -0.4 is 0 Å². The molecular formula is C50H86NO8+. The first kappa shape index (κ1) is 55.7. The van der Waals surface area contributed by atoms with Crippen LogP contribution >= 0.6 is 0 Å². The van der Waals surface area contributed by atoms with Gasteiger partial charge in [-0.2, -0.15) is 0 Å². The molecule has 1 N–H and O–H groups in total. The number of esters is 2. The molecule has 0 heterocycles. The Morgan fingerprint density at radius 3 is 1.44 bits per heavy atom. The van der Waals surface area contributed by atoms with Crippen molar-refractivity contribution in [2.45, 2.75) is 180 Å². The van der Waals surface area contributed by atoms with Crippen LogP contribution in [0.3, 0.4) is 0 Å². The van der Waals surface area contributed by atoms with Gasteiger partial charge in [0.2, 0.25) is 0 Å². The normalized spacial score (nSPS) is 13.6. The lowest BCUT2D eigenvalue weighted by atomic mass is 10.1. The Kier molecular flexibility index (Phi) is 39.2. The molecule has 9 heteroatoms. The number of rotatable bonds is 41. The van der Waals surface area contributed by atoms with E-state index in [1.54, 1.807) is 0 Å². The third kappa shape index (κ3) is 42.7. The highest BCUT2D eigenvalue weighted by molar-refractivity contribution is 5.71. The zero-order chi connectivity index (χ0) is 43.5. The first-order valence-electron chi connectivity index (χ1n) is 23.1. The van der Waals surface area contributed by atoms with Gasteiger partial charge in [0.25, 0.3) is 6.29 Å². The maximum absolute atomic E-state index is 12.7. The van der Waals surface area contributed by atoms with E-state index in [4.69, 9.17) is 18.9 Å². The number of carboxylic acid groups (broad SMARTS) is 1. The predicted octanol–water partition coefficient (Wildman–Crippen LogP) is 12.3. The van der Waals surface area contributed by atoms with E-state index in [1.807, 2.05) is 21.1 Å². The standard InChI is InChI=1S/C50H85NO8/c1-6-8-10-12-14-15-16-17-18-19-20-21-22-23-24-25-26-27-28-29-30-31-32-33-35-37-39-41-48(53)59-46(44-57-47(52)40-38-36-34-13-11-9-7-2)45-58-50(49(54)55)56-43-42-51(3,4)5/h8,10,14-15,17-18,20-21,23-24,26-27,46,50H,6-7,9,11-13,16,19,22,25,28-45H2,1-5H3/p+1/b10-8-,15-14-,18-17-,21-20-,24-23-,27-26-. The minimum Gasteiger partial charge on any atom is -0.477 e. The van der Waals surface area contributed by atoms with Gasteiger partial charge in [-0.3, -0.25) is 9.59 Å². The predicted molar refractivity (Wildman–Crippen MR) is 244 cm³/mol. The SMILES string of the molecule is CC/C=C\C/C=C\C/C=C\C/C=C\C/C=C\C/C=C\CCCCCCCCCCC(=O)OC(COC(=O)CCCCCCCCC)COC(OCC[N+](C)(C)C)C(=O)O.